The predicted molar refractivity (Wildman–Crippen MR) is 115 cm³/mol. The van der Waals surface area contributed by atoms with Crippen molar-refractivity contribution in [2.45, 2.75) is 52.2 Å². The Labute approximate surface area is 173 Å². The minimum atomic E-state index is -0.614. The van der Waals surface area contributed by atoms with Gasteiger partial charge in [0.25, 0.3) is 5.91 Å². The van der Waals surface area contributed by atoms with Crippen molar-refractivity contribution in [3.8, 4) is 5.75 Å². The van der Waals surface area contributed by atoms with E-state index < -0.39 is 6.10 Å². The van der Waals surface area contributed by atoms with Crippen molar-refractivity contribution in [1.29, 1.82) is 0 Å². The Kier molecular flexibility index (Phi) is 7.13. The van der Waals surface area contributed by atoms with Crippen molar-refractivity contribution >= 4 is 11.6 Å². The summed E-state index contributed by atoms with van der Waals surface area (Å²) in [5.41, 5.74) is 2.30. The lowest BCUT2D eigenvalue weighted by molar-refractivity contribution is -0.128. The number of nitrogens with zero attached hydrogens (tertiary/aromatic N) is 1. The predicted octanol–water partition coefficient (Wildman–Crippen LogP) is 5.10. The van der Waals surface area contributed by atoms with Crippen LogP contribution in [0.2, 0.25) is 0 Å². The Balaban J connectivity index is 1.58. The van der Waals surface area contributed by atoms with E-state index in [-0.39, 0.29) is 17.8 Å². The number of nitrogens with one attached hydrogen (secondary N) is 1. The summed E-state index contributed by atoms with van der Waals surface area (Å²) in [5, 5.41) is 3.03. The maximum Gasteiger partial charge on any atom is 0.261 e. The zero-order valence-electron chi connectivity index (χ0n) is 17.5. The van der Waals surface area contributed by atoms with Gasteiger partial charge in [-0.3, -0.25) is 4.79 Å². The molecule has 0 unspecified atom stereocenters. The molecule has 1 aliphatic heterocycles. The van der Waals surface area contributed by atoms with Gasteiger partial charge in [0.05, 0.1) is 6.04 Å². The largest absolute Gasteiger partial charge is 0.481 e. The van der Waals surface area contributed by atoms with E-state index in [1.54, 1.807) is 0 Å². The second-order valence-electron chi connectivity index (χ2n) is 7.98. The molecule has 0 radical (unpaired) electrons. The van der Waals surface area contributed by atoms with Crippen molar-refractivity contribution in [2.24, 2.45) is 5.92 Å². The SMILES string of the molecule is CC[C@H](Oc1ccc(F)cc1)C(=O)N[C@@H](C)c1ccc(N2CCC[C@@H](C)C2)cc1. The Morgan fingerprint density at radius 2 is 1.90 bits per heavy atom. The fourth-order valence-corrected chi connectivity index (χ4v) is 3.79. The van der Waals surface area contributed by atoms with Crippen LogP contribution in [0.25, 0.3) is 0 Å². The van der Waals surface area contributed by atoms with Crippen LogP contribution in [0.3, 0.4) is 0 Å². The molecular weight excluding hydrogens is 367 g/mol. The topological polar surface area (TPSA) is 41.6 Å². The number of carbonyl (C=O) groups excluding carboxylic acids is 1. The molecule has 2 aromatic rings. The summed E-state index contributed by atoms with van der Waals surface area (Å²) in [6, 6.07) is 14.1. The van der Waals surface area contributed by atoms with Crippen LogP contribution in [0.1, 0.15) is 51.6 Å². The second-order valence-corrected chi connectivity index (χ2v) is 7.98. The van der Waals surface area contributed by atoms with Gasteiger partial charge in [-0.25, -0.2) is 4.39 Å². The van der Waals surface area contributed by atoms with Crippen LogP contribution in [0.5, 0.6) is 5.75 Å². The van der Waals surface area contributed by atoms with Crippen molar-refractivity contribution in [3.63, 3.8) is 0 Å². The number of anilines is 1. The summed E-state index contributed by atoms with van der Waals surface area (Å²) >= 11 is 0. The first kappa shape index (κ1) is 21.2. The fourth-order valence-electron chi connectivity index (χ4n) is 3.79. The highest BCUT2D eigenvalue weighted by Gasteiger charge is 2.21. The molecule has 4 nitrogen and oxygen atoms in total. The van der Waals surface area contributed by atoms with Crippen molar-refractivity contribution in [3.05, 3.63) is 59.9 Å². The second kappa shape index (κ2) is 9.77. The molecule has 5 heteroatoms. The first-order chi connectivity index (χ1) is 14.0. The van der Waals surface area contributed by atoms with Gasteiger partial charge in [-0.1, -0.05) is 26.0 Å². The Morgan fingerprint density at radius 1 is 1.21 bits per heavy atom. The van der Waals surface area contributed by atoms with Gasteiger partial charge >= 0.3 is 0 Å². The van der Waals surface area contributed by atoms with Crippen LogP contribution in [-0.2, 0) is 4.79 Å². The fraction of sp³-hybridized carbons (Fsp3) is 0.458. The molecule has 29 heavy (non-hydrogen) atoms. The molecule has 0 bridgehead atoms. The summed E-state index contributed by atoms with van der Waals surface area (Å²) in [4.78, 5) is 15.1. The molecule has 1 saturated heterocycles. The van der Waals surface area contributed by atoms with Crippen LogP contribution in [0, 0.1) is 11.7 Å². The third-order valence-electron chi connectivity index (χ3n) is 5.53. The molecule has 1 N–H and O–H groups in total. The number of benzene rings is 2. The summed E-state index contributed by atoms with van der Waals surface area (Å²) in [6.45, 7) is 8.38. The zero-order valence-corrected chi connectivity index (χ0v) is 17.5. The number of amides is 1. The van der Waals surface area contributed by atoms with Gasteiger partial charge in [0.2, 0.25) is 0 Å². The lowest BCUT2D eigenvalue weighted by atomic mass is 9.99. The normalized spacial score (nSPS) is 18.8. The molecule has 0 saturated carbocycles. The van der Waals surface area contributed by atoms with Crippen molar-refractivity contribution in [2.75, 3.05) is 18.0 Å². The zero-order chi connectivity index (χ0) is 20.8. The third kappa shape index (κ3) is 5.72. The highest BCUT2D eigenvalue weighted by atomic mass is 19.1. The smallest absolute Gasteiger partial charge is 0.261 e. The number of ether oxygens (including phenoxy) is 1. The number of piperidine rings is 1. The van der Waals surface area contributed by atoms with Gasteiger partial charge in [-0.2, -0.15) is 0 Å². The van der Waals surface area contributed by atoms with E-state index in [9.17, 15) is 9.18 Å². The van der Waals surface area contributed by atoms with Crippen LogP contribution in [0.4, 0.5) is 10.1 Å². The standard InChI is InChI=1S/C24H31FN2O2/c1-4-23(29-22-13-9-20(25)10-14-22)24(28)26-18(3)19-7-11-21(12-8-19)27-15-5-6-17(2)16-27/h7-14,17-18,23H,4-6,15-16H2,1-3H3,(H,26,28)/t17-,18+,23+/m1/s1. The summed E-state index contributed by atoms with van der Waals surface area (Å²) < 4.78 is 18.8. The molecule has 1 aliphatic rings. The lowest BCUT2D eigenvalue weighted by Gasteiger charge is -2.33. The molecule has 2 aromatic carbocycles. The van der Waals surface area contributed by atoms with E-state index in [0.29, 0.717) is 12.2 Å². The van der Waals surface area contributed by atoms with Gasteiger partial charge in [-0.05, 0) is 74.1 Å². The summed E-state index contributed by atoms with van der Waals surface area (Å²) in [6.07, 6.45) is 2.46. The lowest BCUT2D eigenvalue weighted by Crippen LogP contribution is -2.39. The van der Waals surface area contributed by atoms with E-state index in [1.165, 1.54) is 42.8 Å². The van der Waals surface area contributed by atoms with Crippen LogP contribution < -0.4 is 15.0 Å². The van der Waals surface area contributed by atoms with Crippen LogP contribution in [0.15, 0.2) is 48.5 Å². The highest BCUT2D eigenvalue weighted by Crippen LogP contribution is 2.25. The van der Waals surface area contributed by atoms with E-state index in [0.717, 1.165) is 24.6 Å². The maximum atomic E-state index is 13.1. The van der Waals surface area contributed by atoms with Gasteiger partial charge < -0.3 is 15.0 Å². The Morgan fingerprint density at radius 3 is 2.52 bits per heavy atom. The van der Waals surface area contributed by atoms with E-state index in [1.807, 2.05) is 13.8 Å². The molecule has 3 atom stereocenters. The van der Waals surface area contributed by atoms with E-state index >= 15 is 0 Å². The molecule has 3 rings (SSSR count). The molecule has 0 spiro atoms. The molecule has 0 aliphatic carbocycles. The maximum absolute atomic E-state index is 13.1. The first-order valence-corrected chi connectivity index (χ1v) is 10.5. The van der Waals surface area contributed by atoms with Gasteiger partial charge in [0.1, 0.15) is 11.6 Å². The Hall–Kier alpha value is -2.56. The summed E-state index contributed by atoms with van der Waals surface area (Å²) in [5.74, 6) is 0.721. The minimum Gasteiger partial charge on any atom is -0.481 e. The van der Waals surface area contributed by atoms with Crippen molar-refractivity contribution in [1.82, 2.24) is 5.32 Å². The number of hydrogen-bond acceptors (Lipinski definition) is 3. The molecule has 156 valence electrons. The molecular formula is C24H31FN2O2. The van der Waals surface area contributed by atoms with Crippen molar-refractivity contribution < 1.29 is 13.9 Å². The molecule has 0 aromatic heterocycles. The Bertz CT molecular complexity index is 792. The number of rotatable bonds is 7. The van der Waals surface area contributed by atoms with Gasteiger partial charge in [0, 0.05) is 18.8 Å². The average molecular weight is 399 g/mol. The van der Waals surface area contributed by atoms with E-state index in [2.05, 4.69) is 41.4 Å². The quantitative estimate of drug-likeness (QED) is 0.706. The number of carbonyl (C=O) groups is 1. The molecule has 1 heterocycles. The highest BCUT2D eigenvalue weighted by molar-refractivity contribution is 5.81. The van der Waals surface area contributed by atoms with Crippen LogP contribution in [-0.4, -0.2) is 25.1 Å². The molecule has 1 fully saturated rings. The third-order valence-corrected chi connectivity index (χ3v) is 5.53. The van der Waals surface area contributed by atoms with Gasteiger partial charge in [-0.15, -0.1) is 0 Å². The first-order valence-electron chi connectivity index (χ1n) is 10.5. The van der Waals surface area contributed by atoms with E-state index in [4.69, 9.17) is 4.74 Å². The van der Waals surface area contributed by atoms with Gasteiger partial charge in [0.15, 0.2) is 6.10 Å². The van der Waals surface area contributed by atoms with Crippen LogP contribution >= 0.6 is 0 Å². The average Bonchev–Trinajstić information content (AvgIpc) is 2.73. The number of hydrogen-bond donors (Lipinski definition) is 1. The monoisotopic (exact) mass is 398 g/mol. The summed E-state index contributed by atoms with van der Waals surface area (Å²) in [7, 11) is 0. The number of halogens is 1. The minimum absolute atomic E-state index is 0.123. The molecule has 1 amide bonds.